The van der Waals surface area contributed by atoms with Crippen molar-refractivity contribution in [2.45, 2.75) is 91.6 Å². The van der Waals surface area contributed by atoms with E-state index in [4.69, 9.17) is 9.47 Å². The van der Waals surface area contributed by atoms with E-state index in [1.54, 1.807) is 18.2 Å². The van der Waals surface area contributed by atoms with Crippen LogP contribution in [-0.2, 0) is 9.47 Å². The molecule has 158 valence electrons. The maximum atomic E-state index is 12.2. The number of carbonyl (C=O) groups excluding carboxylic acids is 2. The van der Waals surface area contributed by atoms with Gasteiger partial charge >= 0.3 is 11.9 Å². The highest BCUT2D eigenvalue weighted by Gasteiger charge is 2.19. The summed E-state index contributed by atoms with van der Waals surface area (Å²) in [5.74, 6) is -0.734. The number of nitrogens with zero attached hydrogens (tertiary/aromatic N) is 1. The molecule has 2 unspecified atom stereocenters. The standard InChI is InChI=1S/C23H37NO4/c1-5-7-8-9-10-11-12-13-17-27-22(25)20-15-14-16-21(24-20)23(26)28-19(4)18(3)6-2/h14-16,18-19H,5-13,17H2,1-4H3. The second kappa shape index (κ2) is 14.1. The van der Waals surface area contributed by atoms with Crippen LogP contribution in [0.4, 0.5) is 0 Å². The van der Waals surface area contributed by atoms with Gasteiger partial charge in [0.1, 0.15) is 17.5 Å². The Hall–Kier alpha value is -1.91. The molecule has 2 atom stereocenters. The Kier molecular flexibility index (Phi) is 12.2. The lowest BCUT2D eigenvalue weighted by Gasteiger charge is -2.18. The Balaban J connectivity index is 2.36. The van der Waals surface area contributed by atoms with Crippen LogP contribution in [0.3, 0.4) is 0 Å². The predicted molar refractivity (Wildman–Crippen MR) is 111 cm³/mol. The van der Waals surface area contributed by atoms with Crippen LogP contribution in [0.25, 0.3) is 0 Å². The van der Waals surface area contributed by atoms with Crippen molar-refractivity contribution in [3.05, 3.63) is 29.6 Å². The van der Waals surface area contributed by atoms with Gasteiger partial charge in [-0.25, -0.2) is 14.6 Å². The number of hydrogen-bond donors (Lipinski definition) is 0. The summed E-state index contributed by atoms with van der Waals surface area (Å²) in [6, 6.07) is 4.75. The SMILES string of the molecule is CCCCCCCCCCOC(=O)c1cccc(C(=O)OC(C)C(C)CC)n1. The monoisotopic (exact) mass is 391 g/mol. The van der Waals surface area contributed by atoms with Crippen LogP contribution >= 0.6 is 0 Å². The first-order valence-corrected chi connectivity index (χ1v) is 10.8. The number of ether oxygens (including phenoxy) is 2. The number of aromatic nitrogens is 1. The second-order valence-corrected chi connectivity index (χ2v) is 7.51. The highest BCUT2D eigenvalue weighted by atomic mass is 16.5. The van der Waals surface area contributed by atoms with Crippen molar-refractivity contribution in [3.8, 4) is 0 Å². The molecule has 0 radical (unpaired) electrons. The van der Waals surface area contributed by atoms with Gasteiger partial charge in [-0.2, -0.15) is 0 Å². The summed E-state index contributed by atoms with van der Waals surface area (Å²) in [7, 11) is 0. The molecule has 5 nitrogen and oxygen atoms in total. The molecule has 0 bridgehead atoms. The minimum Gasteiger partial charge on any atom is -0.461 e. The Bertz CT molecular complexity index is 588. The van der Waals surface area contributed by atoms with Gasteiger partial charge in [0, 0.05) is 0 Å². The number of unbranched alkanes of at least 4 members (excludes halogenated alkanes) is 7. The molecule has 5 heteroatoms. The van der Waals surface area contributed by atoms with Gasteiger partial charge < -0.3 is 9.47 Å². The fourth-order valence-corrected chi connectivity index (χ4v) is 2.81. The third-order valence-corrected chi connectivity index (χ3v) is 5.14. The maximum absolute atomic E-state index is 12.2. The van der Waals surface area contributed by atoms with E-state index in [0.717, 1.165) is 19.3 Å². The summed E-state index contributed by atoms with van der Waals surface area (Å²) in [6.45, 7) is 8.55. The first kappa shape index (κ1) is 24.1. The highest BCUT2D eigenvalue weighted by Crippen LogP contribution is 2.13. The Morgan fingerprint density at radius 2 is 1.46 bits per heavy atom. The van der Waals surface area contributed by atoms with Gasteiger partial charge in [-0.05, 0) is 31.4 Å². The molecule has 0 aliphatic heterocycles. The normalized spacial score (nSPS) is 13.0. The fourth-order valence-electron chi connectivity index (χ4n) is 2.81. The number of pyridine rings is 1. The van der Waals surface area contributed by atoms with Crippen molar-refractivity contribution in [2.75, 3.05) is 6.61 Å². The predicted octanol–water partition coefficient (Wildman–Crippen LogP) is 5.97. The number of rotatable bonds is 14. The third kappa shape index (κ3) is 9.34. The fraction of sp³-hybridized carbons (Fsp3) is 0.696. The number of esters is 2. The van der Waals surface area contributed by atoms with Crippen molar-refractivity contribution < 1.29 is 19.1 Å². The van der Waals surface area contributed by atoms with Gasteiger partial charge in [0.2, 0.25) is 0 Å². The summed E-state index contributed by atoms with van der Waals surface area (Å²) >= 11 is 0. The maximum Gasteiger partial charge on any atom is 0.357 e. The van der Waals surface area contributed by atoms with Gasteiger partial charge in [-0.1, -0.05) is 78.2 Å². The van der Waals surface area contributed by atoms with Gasteiger partial charge in [0.05, 0.1) is 6.61 Å². The Morgan fingerprint density at radius 1 is 0.893 bits per heavy atom. The quantitative estimate of drug-likeness (QED) is 0.289. The van der Waals surface area contributed by atoms with E-state index >= 15 is 0 Å². The first-order valence-electron chi connectivity index (χ1n) is 10.8. The molecule has 0 spiro atoms. The van der Waals surface area contributed by atoms with E-state index in [1.807, 2.05) is 13.8 Å². The van der Waals surface area contributed by atoms with Crippen LogP contribution in [0.2, 0.25) is 0 Å². The largest absolute Gasteiger partial charge is 0.461 e. The minimum atomic E-state index is -0.509. The van der Waals surface area contributed by atoms with Gasteiger partial charge in [-0.15, -0.1) is 0 Å². The second-order valence-electron chi connectivity index (χ2n) is 7.51. The summed E-state index contributed by atoms with van der Waals surface area (Å²) < 4.78 is 10.7. The van der Waals surface area contributed by atoms with Crippen molar-refractivity contribution >= 4 is 11.9 Å². The van der Waals surface area contributed by atoms with E-state index < -0.39 is 11.9 Å². The third-order valence-electron chi connectivity index (χ3n) is 5.14. The van der Waals surface area contributed by atoms with Crippen LogP contribution in [0.1, 0.15) is 106 Å². The van der Waals surface area contributed by atoms with E-state index in [1.165, 1.54) is 38.5 Å². The van der Waals surface area contributed by atoms with E-state index in [-0.39, 0.29) is 23.4 Å². The molecule has 1 aromatic heterocycles. The van der Waals surface area contributed by atoms with Gasteiger partial charge in [0.15, 0.2) is 0 Å². The number of hydrogen-bond acceptors (Lipinski definition) is 5. The molecule has 0 amide bonds. The van der Waals surface area contributed by atoms with Gasteiger partial charge in [-0.3, -0.25) is 0 Å². The van der Waals surface area contributed by atoms with Gasteiger partial charge in [0.25, 0.3) is 0 Å². The minimum absolute atomic E-state index is 0.136. The summed E-state index contributed by atoms with van der Waals surface area (Å²) in [6.07, 6.45) is 10.2. The molecule has 28 heavy (non-hydrogen) atoms. The molecule has 1 aromatic rings. The molecular formula is C23H37NO4. The molecule has 1 heterocycles. The van der Waals surface area contributed by atoms with Crippen LogP contribution in [0.5, 0.6) is 0 Å². The Morgan fingerprint density at radius 3 is 2.07 bits per heavy atom. The average molecular weight is 392 g/mol. The average Bonchev–Trinajstić information content (AvgIpc) is 2.71. The van der Waals surface area contributed by atoms with Crippen LogP contribution < -0.4 is 0 Å². The molecule has 1 rings (SSSR count). The van der Waals surface area contributed by atoms with Crippen molar-refractivity contribution in [3.63, 3.8) is 0 Å². The lowest BCUT2D eigenvalue weighted by Crippen LogP contribution is -2.22. The number of carbonyl (C=O) groups is 2. The lowest BCUT2D eigenvalue weighted by atomic mass is 10.0. The molecule has 0 aromatic carbocycles. The zero-order valence-corrected chi connectivity index (χ0v) is 18.0. The van der Waals surface area contributed by atoms with E-state index in [9.17, 15) is 9.59 Å². The van der Waals surface area contributed by atoms with E-state index in [0.29, 0.717) is 6.61 Å². The zero-order chi connectivity index (χ0) is 20.8. The van der Waals surface area contributed by atoms with Crippen molar-refractivity contribution in [1.82, 2.24) is 4.98 Å². The highest BCUT2D eigenvalue weighted by molar-refractivity contribution is 5.91. The molecule has 0 saturated carbocycles. The molecule has 0 aliphatic carbocycles. The first-order chi connectivity index (χ1) is 13.5. The van der Waals surface area contributed by atoms with E-state index in [2.05, 4.69) is 18.8 Å². The summed E-state index contributed by atoms with van der Waals surface area (Å²) in [5.41, 5.74) is 0.280. The molecule has 0 aliphatic rings. The molecule has 0 saturated heterocycles. The summed E-state index contributed by atoms with van der Waals surface area (Å²) in [4.78, 5) is 28.5. The van der Waals surface area contributed by atoms with Crippen molar-refractivity contribution in [1.29, 1.82) is 0 Å². The lowest BCUT2D eigenvalue weighted by molar-refractivity contribution is 0.0206. The topological polar surface area (TPSA) is 65.5 Å². The molecule has 0 fully saturated rings. The molecular weight excluding hydrogens is 354 g/mol. The van der Waals surface area contributed by atoms with Crippen LogP contribution in [0.15, 0.2) is 18.2 Å². The van der Waals surface area contributed by atoms with Crippen molar-refractivity contribution in [2.24, 2.45) is 5.92 Å². The van der Waals surface area contributed by atoms with Crippen LogP contribution in [-0.4, -0.2) is 29.6 Å². The smallest absolute Gasteiger partial charge is 0.357 e. The zero-order valence-electron chi connectivity index (χ0n) is 18.0. The Labute approximate surface area is 170 Å². The molecule has 0 N–H and O–H groups in total. The van der Waals surface area contributed by atoms with Crippen LogP contribution in [0, 0.1) is 5.92 Å². The summed E-state index contributed by atoms with van der Waals surface area (Å²) in [5, 5.41) is 0.